The van der Waals surface area contributed by atoms with Gasteiger partial charge in [-0.3, -0.25) is 0 Å². The van der Waals surface area contributed by atoms with E-state index in [0.29, 0.717) is 27.7 Å². The zero-order valence-corrected chi connectivity index (χ0v) is 17.6. The first-order chi connectivity index (χ1) is 14.6. The third-order valence-corrected chi connectivity index (χ3v) is 6.75. The molecule has 1 aliphatic carbocycles. The van der Waals surface area contributed by atoms with Crippen LogP contribution >= 0.6 is 11.3 Å². The molecule has 2 fully saturated rings. The zero-order chi connectivity index (χ0) is 20.7. The standard InChI is InChI=1S/C22H24FN5OS/c1-13-24-11-21(30-13)16-9-20(29)17(8-18(16)23)19-4-5-22(27-26-19)28-7-6-15(12-28)25-10-14-2-3-14/h4-5,8-9,11,14-15,25,29H,2-3,6-7,10,12H2,1H3. The number of nitrogens with one attached hydrogen (secondary N) is 1. The zero-order valence-electron chi connectivity index (χ0n) is 16.8. The Morgan fingerprint density at radius 1 is 1.20 bits per heavy atom. The molecule has 1 saturated heterocycles. The highest BCUT2D eigenvalue weighted by molar-refractivity contribution is 7.15. The summed E-state index contributed by atoms with van der Waals surface area (Å²) in [6.07, 6.45) is 5.43. The summed E-state index contributed by atoms with van der Waals surface area (Å²) in [7, 11) is 0. The van der Waals surface area contributed by atoms with Crippen molar-refractivity contribution in [1.29, 1.82) is 0 Å². The van der Waals surface area contributed by atoms with Gasteiger partial charge in [0, 0.05) is 36.5 Å². The summed E-state index contributed by atoms with van der Waals surface area (Å²) >= 11 is 1.39. The Morgan fingerprint density at radius 2 is 2.07 bits per heavy atom. The van der Waals surface area contributed by atoms with Crippen molar-refractivity contribution in [2.45, 2.75) is 32.2 Å². The van der Waals surface area contributed by atoms with E-state index in [9.17, 15) is 9.50 Å². The molecule has 2 aliphatic rings. The number of aromatic nitrogens is 3. The van der Waals surface area contributed by atoms with Gasteiger partial charge in [-0.15, -0.1) is 21.5 Å². The summed E-state index contributed by atoms with van der Waals surface area (Å²) in [6.45, 7) is 4.84. The maximum Gasteiger partial charge on any atom is 0.151 e. The minimum Gasteiger partial charge on any atom is -0.507 e. The molecule has 1 saturated carbocycles. The van der Waals surface area contributed by atoms with Gasteiger partial charge in [-0.05, 0) is 62.9 Å². The number of benzene rings is 1. The molecule has 1 aromatic carbocycles. The molecule has 6 nitrogen and oxygen atoms in total. The predicted octanol–water partition coefficient (Wildman–Crippen LogP) is 4.00. The Labute approximate surface area is 178 Å². The second-order valence-electron chi connectivity index (χ2n) is 8.15. The summed E-state index contributed by atoms with van der Waals surface area (Å²) < 4.78 is 14.7. The fourth-order valence-corrected chi connectivity index (χ4v) is 4.66. The van der Waals surface area contributed by atoms with Crippen LogP contribution in [-0.4, -0.2) is 46.0 Å². The number of phenolic OH excluding ortho intramolecular Hbond substituents is 1. The van der Waals surface area contributed by atoms with Gasteiger partial charge in [0.15, 0.2) is 5.82 Å². The SMILES string of the molecule is Cc1ncc(-c2cc(O)c(-c3ccc(N4CCC(NCC5CC5)C4)nn3)cc2F)s1. The first-order valence-electron chi connectivity index (χ1n) is 10.3. The van der Waals surface area contributed by atoms with Gasteiger partial charge in [0.25, 0.3) is 0 Å². The molecule has 0 bridgehead atoms. The molecule has 8 heteroatoms. The predicted molar refractivity (Wildman–Crippen MR) is 116 cm³/mol. The van der Waals surface area contributed by atoms with Gasteiger partial charge < -0.3 is 15.3 Å². The molecule has 156 valence electrons. The van der Waals surface area contributed by atoms with E-state index in [-0.39, 0.29) is 5.75 Å². The number of phenols is 1. The van der Waals surface area contributed by atoms with Gasteiger partial charge in [-0.2, -0.15) is 0 Å². The highest BCUT2D eigenvalue weighted by Crippen LogP contribution is 2.37. The van der Waals surface area contributed by atoms with Crippen LogP contribution in [0.3, 0.4) is 0 Å². The molecule has 1 unspecified atom stereocenters. The fraction of sp³-hybridized carbons (Fsp3) is 0.409. The first-order valence-corrected chi connectivity index (χ1v) is 11.2. The van der Waals surface area contributed by atoms with Crippen molar-refractivity contribution < 1.29 is 9.50 Å². The van der Waals surface area contributed by atoms with Gasteiger partial charge in [-0.1, -0.05) is 0 Å². The van der Waals surface area contributed by atoms with Crippen LogP contribution < -0.4 is 10.2 Å². The first kappa shape index (κ1) is 19.4. The summed E-state index contributed by atoms with van der Waals surface area (Å²) in [5.74, 6) is 1.25. The van der Waals surface area contributed by atoms with Gasteiger partial charge >= 0.3 is 0 Å². The van der Waals surface area contributed by atoms with Crippen molar-refractivity contribution >= 4 is 17.2 Å². The number of aryl methyl sites for hydroxylation is 1. The number of thiazole rings is 1. The van der Waals surface area contributed by atoms with Crippen LogP contribution in [0.2, 0.25) is 0 Å². The molecule has 2 aromatic heterocycles. The van der Waals surface area contributed by atoms with Crippen LogP contribution in [0, 0.1) is 18.7 Å². The minimum atomic E-state index is -0.415. The summed E-state index contributed by atoms with van der Waals surface area (Å²) in [5, 5.41) is 23.6. The fourth-order valence-electron chi connectivity index (χ4n) is 3.87. The van der Waals surface area contributed by atoms with Crippen LogP contribution in [0.1, 0.15) is 24.3 Å². The lowest BCUT2D eigenvalue weighted by Gasteiger charge is -2.17. The Morgan fingerprint density at radius 3 is 2.77 bits per heavy atom. The van der Waals surface area contributed by atoms with E-state index in [1.165, 1.54) is 36.3 Å². The van der Waals surface area contributed by atoms with E-state index >= 15 is 0 Å². The third kappa shape index (κ3) is 4.02. The Bertz CT molecular complexity index is 1050. The van der Waals surface area contributed by atoms with E-state index in [0.717, 1.165) is 42.8 Å². The molecule has 1 aliphatic heterocycles. The molecule has 30 heavy (non-hydrogen) atoms. The van der Waals surface area contributed by atoms with Crippen LogP contribution in [0.15, 0.2) is 30.5 Å². The monoisotopic (exact) mass is 425 g/mol. The van der Waals surface area contributed by atoms with Gasteiger partial charge in [0.1, 0.15) is 11.6 Å². The van der Waals surface area contributed by atoms with Crippen molar-refractivity contribution in [3.63, 3.8) is 0 Å². The molecule has 1 atom stereocenters. The molecular weight excluding hydrogens is 401 g/mol. The second kappa shape index (κ2) is 7.92. The molecule has 0 amide bonds. The third-order valence-electron chi connectivity index (χ3n) is 5.80. The van der Waals surface area contributed by atoms with Crippen LogP contribution in [0.4, 0.5) is 10.2 Å². The lowest BCUT2D eigenvalue weighted by Crippen LogP contribution is -2.34. The summed E-state index contributed by atoms with van der Waals surface area (Å²) in [4.78, 5) is 7.07. The van der Waals surface area contributed by atoms with Gasteiger partial charge in [-0.25, -0.2) is 9.37 Å². The van der Waals surface area contributed by atoms with Gasteiger partial charge in [0.05, 0.1) is 15.6 Å². The number of aromatic hydroxyl groups is 1. The molecule has 2 N–H and O–H groups in total. The minimum absolute atomic E-state index is 0.0231. The van der Waals surface area contributed by atoms with Crippen molar-refractivity contribution in [3.8, 4) is 27.4 Å². The molecule has 0 radical (unpaired) electrons. The van der Waals surface area contributed by atoms with Gasteiger partial charge in [0.2, 0.25) is 0 Å². The maximum atomic E-state index is 14.7. The normalized spacial score (nSPS) is 18.9. The van der Waals surface area contributed by atoms with E-state index in [2.05, 4.69) is 25.4 Å². The smallest absolute Gasteiger partial charge is 0.151 e. The molecule has 3 heterocycles. The molecular formula is C22H24FN5OS. The number of hydrogen-bond acceptors (Lipinski definition) is 7. The van der Waals surface area contributed by atoms with Crippen molar-refractivity contribution in [1.82, 2.24) is 20.5 Å². The quantitative estimate of drug-likeness (QED) is 0.622. The number of anilines is 1. The van der Waals surface area contributed by atoms with E-state index < -0.39 is 5.82 Å². The maximum absolute atomic E-state index is 14.7. The highest BCUT2D eigenvalue weighted by atomic mass is 32.1. The molecule has 0 spiro atoms. The summed E-state index contributed by atoms with van der Waals surface area (Å²) in [6, 6.07) is 6.93. The number of halogens is 1. The Hall–Kier alpha value is -2.58. The van der Waals surface area contributed by atoms with Crippen molar-refractivity contribution in [2.24, 2.45) is 5.92 Å². The van der Waals surface area contributed by atoms with E-state index in [1.807, 2.05) is 13.0 Å². The molecule has 5 rings (SSSR count). The van der Waals surface area contributed by atoms with E-state index in [4.69, 9.17) is 0 Å². The Kier molecular flexibility index (Phi) is 5.12. The topological polar surface area (TPSA) is 74.2 Å². The lowest BCUT2D eigenvalue weighted by atomic mass is 10.1. The average Bonchev–Trinajstić information content (AvgIpc) is 3.28. The molecule has 3 aromatic rings. The second-order valence-corrected chi connectivity index (χ2v) is 9.39. The number of nitrogens with zero attached hydrogens (tertiary/aromatic N) is 4. The van der Waals surface area contributed by atoms with Crippen LogP contribution in [0.25, 0.3) is 21.7 Å². The Balaban J connectivity index is 1.31. The van der Waals surface area contributed by atoms with Crippen LogP contribution in [-0.2, 0) is 0 Å². The van der Waals surface area contributed by atoms with Crippen molar-refractivity contribution in [2.75, 3.05) is 24.5 Å². The lowest BCUT2D eigenvalue weighted by molar-refractivity contribution is 0.475. The highest BCUT2D eigenvalue weighted by Gasteiger charge is 2.27. The largest absolute Gasteiger partial charge is 0.507 e. The summed E-state index contributed by atoms with van der Waals surface area (Å²) in [5.41, 5.74) is 1.12. The van der Waals surface area contributed by atoms with Crippen molar-refractivity contribution in [3.05, 3.63) is 41.3 Å². The van der Waals surface area contributed by atoms with E-state index in [1.54, 1.807) is 12.3 Å². The average molecular weight is 426 g/mol. The number of hydrogen-bond donors (Lipinski definition) is 2. The number of rotatable bonds is 6. The van der Waals surface area contributed by atoms with Crippen LogP contribution in [0.5, 0.6) is 5.75 Å².